The molecule has 2 atom stereocenters. The molecule has 0 aromatic carbocycles. The van der Waals surface area contributed by atoms with Crippen molar-refractivity contribution in [2.75, 3.05) is 0 Å². The molecule has 2 rings (SSSR count). The third-order valence-electron chi connectivity index (χ3n) is 3.67. The lowest BCUT2D eigenvalue weighted by Gasteiger charge is -2.27. The average molecular weight is 220 g/mol. The molecule has 1 saturated heterocycles. The van der Waals surface area contributed by atoms with Gasteiger partial charge in [-0.15, -0.1) is 0 Å². The van der Waals surface area contributed by atoms with E-state index in [2.05, 4.69) is 0 Å². The Kier molecular flexibility index (Phi) is 2.49. The largest absolute Gasteiger partial charge is 0.274 e. The van der Waals surface area contributed by atoms with Gasteiger partial charge in [0.2, 0.25) is 11.8 Å². The summed E-state index contributed by atoms with van der Waals surface area (Å²) in [6, 6.07) is 2.04. The molecule has 86 valence electrons. The molecule has 2 unspecified atom stereocenters. The molecule has 2 amide bonds. The van der Waals surface area contributed by atoms with E-state index < -0.39 is 5.54 Å². The van der Waals surface area contributed by atoms with E-state index in [9.17, 15) is 9.59 Å². The van der Waals surface area contributed by atoms with Gasteiger partial charge in [-0.25, -0.2) is 0 Å². The summed E-state index contributed by atoms with van der Waals surface area (Å²) >= 11 is 0. The van der Waals surface area contributed by atoms with Crippen LogP contribution in [0, 0.1) is 23.2 Å². The van der Waals surface area contributed by atoms with E-state index in [0.717, 1.165) is 25.7 Å². The fourth-order valence-electron chi connectivity index (χ4n) is 2.76. The Labute approximate surface area is 95.2 Å². The van der Waals surface area contributed by atoms with Crippen molar-refractivity contribution in [3.63, 3.8) is 0 Å². The molecule has 0 bridgehead atoms. The number of hydrogen-bond acceptors (Lipinski definition) is 3. The molecule has 0 radical (unpaired) electrons. The van der Waals surface area contributed by atoms with Crippen LogP contribution in [-0.2, 0) is 9.59 Å². The van der Waals surface area contributed by atoms with Gasteiger partial charge in [0.1, 0.15) is 5.54 Å². The lowest BCUT2D eigenvalue weighted by Crippen LogP contribution is -2.47. The fraction of sp³-hybridized carbons (Fsp3) is 0.750. The Balaban J connectivity index is 2.33. The van der Waals surface area contributed by atoms with Gasteiger partial charge in [-0.3, -0.25) is 14.5 Å². The second kappa shape index (κ2) is 3.58. The van der Waals surface area contributed by atoms with Gasteiger partial charge in [0.25, 0.3) is 0 Å². The third-order valence-corrected chi connectivity index (χ3v) is 3.67. The van der Waals surface area contributed by atoms with Gasteiger partial charge in [-0.2, -0.15) is 5.26 Å². The quantitative estimate of drug-likeness (QED) is 0.628. The van der Waals surface area contributed by atoms with E-state index in [1.54, 1.807) is 13.8 Å². The molecular weight excluding hydrogens is 204 g/mol. The zero-order chi connectivity index (χ0) is 11.9. The molecule has 1 aliphatic heterocycles. The fourth-order valence-corrected chi connectivity index (χ4v) is 2.76. The SMILES string of the molecule is CC(C)(C#N)N1C(=O)C2CCCCC2C1=O. The first-order valence-electron chi connectivity index (χ1n) is 5.78. The van der Waals surface area contributed by atoms with Crippen LogP contribution in [0.4, 0.5) is 0 Å². The van der Waals surface area contributed by atoms with Gasteiger partial charge in [-0.1, -0.05) is 12.8 Å². The van der Waals surface area contributed by atoms with Crippen molar-refractivity contribution < 1.29 is 9.59 Å². The van der Waals surface area contributed by atoms with Crippen molar-refractivity contribution in [2.45, 2.75) is 45.1 Å². The van der Waals surface area contributed by atoms with E-state index >= 15 is 0 Å². The van der Waals surface area contributed by atoms with Crippen molar-refractivity contribution in [1.82, 2.24) is 4.90 Å². The number of carbonyl (C=O) groups excluding carboxylic acids is 2. The highest BCUT2D eigenvalue weighted by Crippen LogP contribution is 2.40. The van der Waals surface area contributed by atoms with Gasteiger partial charge in [0.15, 0.2) is 0 Å². The molecule has 0 aromatic rings. The van der Waals surface area contributed by atoms with Gasteiger partial charge >= 0.3 is 0 Å². The molecule has 4 heteroatoms. The molecule has 2 fully saturated rings. The zero-order valence-electron chi connectivity index (χ0n) is 9.69. The van der Waals surface area contributed by atoms with Crippen LogP contribution < -0.4 is 0 Å². The molecule has 0 N–H and O–H groups in total. The maximum absolute atomic E-state index is 12.1. The number of carbonyl (C=O) groups is 2. The minimum Gasteiger partial charge on any atom is -0.274 e. The Hall–Kier alpha value is -1.37. The standard InChI is InChI=1S/C12H16N2O2/c1-12(2,7-13)14-10(15)8-5-3-4-6-9(8)11(14)16/h8-9H,3-6H2,1-2H3. The first-order valence-corrected chi connectivity index (χ1v) is 5.78. The summed E-state index contributed by atoms with van der Waals surface area (Å²) in [7, 11) is 0. The monoisotopic (exact) mass is 220 g/mol. The predicted octanol–water partition coefficient (Wildman–Crippen LogP) is 1.46. The Morgan fingerprint density at radius 3 is 2.00 bits per heavy atom. The highest BCUT2D eigenvalue weighted by atomic mass is 16.2. The minimum atomic E-state index is -1.01. The van der Waals surface area contributed by atoms with Crippen LogP contribution in [0.5, 0.6) is 0 Å². The summed E-state index contributed by atoms with van der Waals surface area (Å²) in [4.78, 5) is 25.4. The van der Waals surface area contributed by atoms with E-state index in [-0.39, 0.29) is 23.7 Å². The summed E-state index contributed by atoms with van der Waals surface area (Å²) < 4.78 is 0. The highest BCUT2D eigenvalue weighted by molar-refractivity contribution is 6.06. The van der Waals surface area contributed by atoms with E-state index in [0.29, 0.717) is 0 Å². The van der Waals surface area contributed by atoms with E-state index in [1.165, 1.54) is 4.90 Å². The molecular formula is C12H16N2O2. The normalized spacial score (nSPS) is 30.2. The van der Waals surface area contributed by atoms with Crippen LogP contribution in [-0.4, -0.2) is 22.3 Å². The number of nitrogens with zero attached hydrogens (tertiary/aromatic N) is 2. The van der Waals surface area contributed by atoms with Gasteiger partial charge in [-0.05, 0) is 26.7 Å². The smallest absolute Gasteiger partial charge is 0.234 e. The van der Waals surface area contributed by atoms with Crippen molar-refractivity contribution in [1.29, 1.82) is 5.26 Å². The summed E-state index contributed by atoms with van der Waals surface area (Å²) in [6.45, 7) is 3.25. The second-order valence-corrected chi connectivity index (χ2v) is 5.18. The van der Waals surface area contributed by atoms with E-state index in [1.807, 2.05) is 6.07 Å². The summed E-state index contributed by atoms with van der Waals surface area (Å²) in [5.74, 6) is -0.592. The van der Waals surface area contributed by atoms with Crippen LogP contribution in [0.25, 0.3) is 0 Å². The molecule has 0 spiro atoms. The highest BCUT2D eigenvalue weighted by Gasteiger charge is 2.52. The number of amides is 2. The molecule has 0 aromatic heterocycles. The topological polar surface area (TPSA) is 61.2 Å². The van der Waals surface area contributed by atoms with Gasteiger partial charge in [0, 0.05) is 0 Å². The van der Waals surface area contributed by atoms with Crippen molar-refractivity contribution >= 4 is 11.8 Å². The lowest BCUT2D eigenvalue weighted by atomic mass is 9.81. The van der Waals surface area contributed by atoms with Crippen molar-refractivity contribution in [3.8, 4) is 6.07 Å². The first kappa shape index (κ1) is 11.1. The van der Waals surface area contributed by atoms with Crippen LogP contribution in [0.3, 0.4) is 0 Å². The lowest BCUT2D eigenvalue weighted by molar-refractivity contribution is -0.144. The van der Waals surface area contributed by atoms with Gasteiger partial charge < -0.3 is 0 Å². The van der Waals surface area contributed by atoms with Crippen molar-refractivity contribution in [2.24, 2.45) is 11.8 Å². The first-order chi connectivity index (χ1) is 7.49. The maximum Gasteiger partial charge on any atom is 0.234 e. The number of hydrogen-bond donors (Lipinski definition) is 0. The summed E-state index contributed by atoms with van der Waals surface area (Å²) in [5, 5.41) is 9.03. The van der Waals surface area contributed by atoms with Crippen molar-refractivity contribution in [3.05, 3.63) is 0 Å². The van der Waals surface area contributed by atoms with Gasteiger partial charge in [0.05, 0.1) is 17.9 Å². The Bertz CT molecular complexity index is 357. The molecule has 16 heavy (non-hydrogen) atoms. The Morgan fingerprint density at radius 1 is 1.19 bits per heavy atom. The van der Waals surface area contributed by atoms with Crippen LogP contribution in [0.15, 0.2) is 0 Å². The third kappa shape index (κ3) is 1.42. The Morgan fingerprint density at radius 2 is 1.62 bits per heavy atom. The minimum absolute atomic E-state index is 0.138. The summed E-state index contributed by atoms with van der Waals surface area (Å²) in [5.41, 5.74) is -1.01. The number of likely N-dealkylation sites (tertiary alicyclic amines) is 1. The maximum atomic E-state index is 12.1. The van der Waals surface area contributed by atoms with Crippen LogP contribution in [0.1, 0.15) is 39.5 Å². The average Bonchev–Trinajstić information content (AvgIpc) is 2.53. The molecule has 1 saturated carbocycles. The van der Waals surface area contributed by atoms with Crippen LogP contribution in [0.2, 0.25) is 0 Å². The van der Waals surface area contributed by atoms with E-state index in [4.69, 9.17) is 5.26 Å². The molecule has 4 nitrogen and oxygen atoms in total. The number of nitriles is 1. The number of imide groups is 1. The number of rotatable bonds is 1. The van der Waals surface area contributed by atoms with Crippen LogP contribution >= 0.6 is 0 Å². The number of fused-ring (bicyclic) bond motifs is 1. The zero-order valence-corrected chi connectivity index (χ0v) is 9.69. The molecule has 1 heterocycles. The summed E-state index contributed by atoms with van der Waals surface area (Å²) in [6.07, 6.45) is 3.63. The molecule has 1 aliphatic carbocycles. The second-order valence-electron chi connectivity index (χ2n) is 5.18. The molecule has 2 aliphatic rings. The predicted molar refractivity (Wildman–Crippen MR) is 57.0 cm³/mol.